The Bertz CT molecular complexity index is 1060. The number of hydrogen-bond donors (Lipinski definition) is 1. The first-order valence-corrected chi connectivity index (χ1v) is 9.45. The molecule has 0 bridgehead atoms. The van der Waals surface area contributed by atoms with E-state index in [4.69, 9.17) is 4.74 Å². The van der Waals surface area contributed by atoms with Crippen molar-refractivity contribution in [3.05, 3.63) is 60.3 Å². The van der Waals surface area contributed by atoms with E-state index in [0.717, 1.165) is 29.1 Å². The first kappa shape index (κ1) is 18.7. The number of imidazole rings is 1. The molecule has 1 saturated heterocycles. The molecule has 0 spiro atoms. The zero-order valence-corrected chi connectivity index (χ0v) is 16.4. The van der Waals surface area contributed by atoms with Crippen LogP contribution >= 0.6 is 0 Å². The van der Waals surface area contributed by atoms with E-state index in [-0.39, 0.29) is 11.8 Å². The zero-order chi connectivity index (χ0) is 20.4. The van der Waals surface area contributed by atoms with Crippen LogP contribution in [0.25, 0.3) is 11.3 Å². The quantitative estimate of drug-likeness (QED) is 0.724. The van der Waals surface area contributed by atoms with Crippen LogP contribution in [0, 0.1) is 0 Å². The van der Waals surface area contributed by atoms with Gasteiger partial charge in [-0.15, -0.1) is 0 Å². The largest absolute Gasteiger partial charge is 0.497 e. The molecule has 0 atom stereocenters. The molecule has 0 aliphatic carbocycles. The normalized spacial score (nSPS) is 13.6. The Balaban J connectivity index is 1.53. The van der Waals surface area contributed by atoms with Gasteiger partial charge in [0, 0.05) is 36.8 Å². The average molecular weight is 390 g/mol. The summed E-state index contributed by atoms with van der Waals surface area (Å²) in [6.45, 7) is 0.689. The lowest BCUT2D eigenvalue weighted by Crippen LogP contribution is -2.24. The highest BCUT2D eigenvalue weighted by molar-refractivity contribution is 6.05. The van der Waals surface area contributed by atoms with Gasteiger partial charge in [-0.2, -0.15) is 0 Å². The van der Waals surface area contributed by atoms with E-state index >= 15 is 0 Å². The first-order valence-electron chi connectivity index (χ1n) is 9.45. The van der Waals surface area contributed by atoms with Crippen molar-refractivity contribution in [2.45, 2.75) is 12.8 Å². The fourth-order valence-corrected chi connectivity index (χ4v) is 3.47. The molecule has 2 heterocycles. The number of hydrogen-bond acceptors (Lipinski definition) is 4. The minimum Gasteiger partial charge on any atom is -0.497 e. The molecule has 3 aromatic rings. The van der Waals surface area contributed by atoms with Gasteiger partial charge >= 0.3 is 0 Å². The standard InChI is InChI=1S/C22H22N4O3/c1-25-19(15-8-10-18(29-2)11-9-15)14-23-22(25)24-21(28)16-5-3-6-17(13-16)26-12-4-7-20(26)27/h3,5-6,8-11,13-14H,4,7,12H2,1-2H3,(H,23,24,28). The summed E-state index contributed by atoms with van der Waals surface area (Å²) >= 11 is 0. The van der Waals surface area contributed by atoms with Crippen LogP contribution < -0.4 is 15.0 Å². The van der Waals surface area contributed by atoms with Crippen LogP contribution in [0.4, 0.5) is 11.6 Å². The van der Waals surface area contributed by atoms with Gasteiger partial charge in [-0.05, 0) is 48.9 Å². The number of amides is 2. The molecule has 1 aromatic heterocycles. The van der Waals surface area contributed by atoms with Crippen molar-refractivity contribution in [1.29, 1.82) is 0 Å². The van der Waals surface area contributed by atoms with Crippen LogP contribution in [0.2, 0.25) is 0 Å². The molecule has 1 N–H and O–H groups in total. The fourth-order valence-electron chi connectivity index (χ4n) is 3.47. The van der Waals surface area contributed by atoms with E-state index in [0.29, 0.717) is 24.5 Å². The Labute approximate surface area is 168 Å². The number of aromatic nitrogens is 2. The van der Waals surface area contributed by atoms with E-state index in [2.05, 4.69) is 10.3 Å². The van der Waals surface area contributed by atoms with Crippen LogP contribution in [0.1, 0.15) is 23.2 Å². The van der Waals surface area contributed by atoms with Crippen molar-refractivity contribution >= 4 is 23.5 Å². The molecule has 4 rings (SSSR count). The Morgan fingerprint density at radius 3 is 2.66 bits per heavy atom. The summed E-state index contributed by atoms with van der Waals surface area (Å²) in [7, 11) is 3.48. The predicted octanol–water partition coefficient (Wildman–Crippen LogP) is 3.47. The van der Waals surface area contributed by atoms with Crippen molar-refractivity contribution in [3.63, 3.8) is 0 Å². The highest BCUT2D eigenvalue weighted by atomic mass is 16.5. The monoisotopic (exact) mass is 390 g/mol. The van der Waals surface area contributed by atoms with E-state index in [1.54, 1.807) is 36.4 Å². The third-order valence-electron chi connectivity index (χ3n) is 5.09. The van der Waals surface area contributed by atoms with E-state index < -0.39 is 0 Å². The Hall–Kier alpha value is -3.61. The highest BCUT2D eigenvalue weighted by Crippen LogP contribution is 2.25. The molecule has 7 nitrogen and oxygen atoms in total. The van der Waals surface area contributed by atoms with Gasteiger partial charge in [0.25, 0.3) is 5.91 Å². The minimum absolute atomic E-state index is 0.0933. The smallest absolute Gasteiger partial charge is 0.258 e. The molecule has 2 aromatic carbocycles. The average Bonchev–Trinajstić information content (AvgIpc) is 3.34. The number of carbonyl (C=O) groups excluding carboxylic acids is 2. The van der Waals surface area contributed by atoms with Crippen molar-refractivity contribution in [3.8, 4) is 17.0 Å². The first-order chi connectivity index (χ1) is 14.1. The van der Waals surface area contributed by atoms with Crippen LogP contribution in [0.5, 0.6) is 5.75 Å². The molecule has 0 radical (unpaired) electrons. The van der Waals surface area contributed by atoms with Crippen molar-refractivity contribution in [1.82, 2.24) is 9.55 Å². The van der Waals surface area contributed by atoms with Crippen molar-refractivity contribution in [2.24, 2.45) is 7.05 Å². The van der Waals surface area contributed by atoms with Crippen molar-refractivity contribution in [2.75, 3.05) is 23.9 Å². The molecule has 1 aliphatic heterocycles. The Morgan fingerprint density at radius 2 is 1.97 bits per heavy atom. The molecule has 0 unspecified atom stereocenters. The van der Waals surface area contributed by atoms with E-state index in [9.17, 15) is 9.59 Å². The van der Waals surface area contributed by atoms with Gasteiger partial charge in [-0.25, -0.2) is 4.98 Å². The highest BCUT2D eigenvalue weighted by Gasteiger charge is 2.22. The Kier molecular flexibility index (Phi) is 5.03. The minimum atomic E-state index is -0.270. The molecule has 148 valence electrons. The molecular weight excluding hydrogens is 368 g/mol. The number of anilines is 2. The van der Waals surface area contributed by atoms with Crippen LogP contribution in [-0.4, -0.2) is 35.0 Å². The number of ether oxygens (including phenoxy) is 1. The topological polar surface area (TPSA) is 76.5 Å². The molecule has 1 aliphatic rings. The van der Waals surface area contributed by atoms with Gasteiger partial charge in [-0.1, -0.05) is 6.07 Å². The Morgan fingerprint density at radius 1 is 1.17 bits per heavy atom. The maximum absolute atomic E-state index is 12.8. The second-order valence-electron chi connectivity index (χ2n) is 6.91. The number of carbonyl (C=O) groups is 2. The lowest BCUT2D eigenvalue weighted by atomic mass is 10.1. The summed E-state index contributed by atoms with van der Waals surface area (Å²) in [5, 5.41) is 2.85. The molecule has 2 amide bonds. The lowest BCUT2D eigenvalue weighted by Gasteiger charge is -2.16. The number of benzene rings is 2. The summed E-state index contributed by atoms with van der Waals surface area (Å²) in [4.78, 5) is 30.8. The summed E-state index contributed by atoms with van der Waals surface area (Å²) in [5.41, 5.74) is 3.07. The van der Waals surface area contributed by atoms with Gasteiger partial charge in [0.1, 0.15) is 5.75 Å². The van der Waals surface area contributed by atoms with Crippen molar-refractivity contribution < 1.29 is 14.3 Å². The molecule has 7 heteroatoms. The summed E-state index contributed by atoms with van der Waals surface area (Å²) < 4.78 is 7.02. The van der Waals surface area contributed by atoms with Gasteiger partial charge in [0.2, 0.25) is 11.9 Å². The second-order valence-corrected chi connectivity index (χ2v) is 6.91. The third kappa shape index (κ3) is 3.71. The lowest BCUT2D eigenvalue weighted by molar-refractivity contribution is -0.117. The van der Waals surface area contributed by atoms with E-state index in [1.807, 2.05) is 41.9 Å². The van der Waals surface area contributed by atoms with Gasteiger partial charge in [0.15, 0.2) is 0 Å². The molecule has 29 heavy (non-hydrogen) atoms. The number of nitrogens with one attached hydrogen (secondary N) is 1. The summed E-state index contributed by atoms with van der Waals surface area (Å²) in [6, 6.07) is 14.8. The van der Waals surface area contributed by atoms with Crippen LogP contribution in [0.15, 0.2) is 54.7 Å². The maximum Gasteiger partial charge on any atom is 0.258 e. The second kappa shape index (κ2) is 7.79. The van der Waals surface area contributed by atoms with E-state index in [1.165, 1.54) is 0 Å². The van der Waals surface area contributed by atoms with Crippen LogP contribution in [0.3, 0.4) is 0 Å². The summed E-state index contributed by atoms with van der Waals surface area (Å²) in [6.07, 6.45) is 3.12. The predicted molar refractivity (Wildman–Crippen MR) is 111 cm³/mol. The van der Waals surface area contributed by atoms with Gasteiger partial charge < -0.3 is 14.2 Å². The third-order valence-corrected chi connectivity index (χ3v) is 5.09. The molecular formula is C22H22N4O3. The number of nitrogens with zero attached hydrogens (tertiary/aromatic N) is 3. The molecule has 0 saturated carbocycles. The van der Waals surface area contributed by atoms with Gasteiger partial charge in [0.05, 0.1) is 19.0 Å². The molecule has 1 fully saturated rings. The maximum atomic E-state index is 12.8. The van der Waals surface area contributed by atoms with Crippen LogP contribution in [-0.2, 0) is 11.8 Å². The number of rotatable bonds is 5. The number of methoxy groups -OCH3 is 1. The SMILES string of the molecule is COc1ccc(-c2cnc(NC(=O)c3cccc(N4CCCC4=O)c3)n2C)cc1. The summed E-state index contributed by atoms with van der Waals surface area (Å²) in [5.74, 6) is 1.05. The fraction of sp³-hybridized carbons (Fsp3) is 0.227. The zero-order valence-electron chi connectivity index (χ0n) is 16.4. The van der Waals surface area contributed by atoms with Gasteiger partial charge in [-0.3, -0.25) is 14.9 Å².